The molecular weight excluding hydrogens is 500 g/mol. The van der Waals surface area contributed by atoms with Gasteiger partial charge in [0.05, 0.1) is 28.2 Å². The lowest BCUT2D eigenvalue weighted by molar-refractivity contribution is 0.0425. The molecule has 0 amide bonds. The molecule has 4 aliphatic rings. The van der Waals surface area contributed by atoms with Gasteiger partial charge in [0.15, 0.2) is 0 Å². The average molecular weight is 518 g/mol. The van der Waals surface area contributed by atoms with Gasteiger partial charge < -0.3 is 18.9 Å². The van der Waals surface area contributed by atoms with Crippen LogP contribution in [-0.4, -0.2) is 23.9 Å². The molecule has 0 saturated heterocycles. The molecule has 3 aromatic rings. The van der Waals surface area contributed by atoms with E-state index >= 15 is 0 Å². The molecule has 2 aliphatic heterocycles. The maximum atomic E-state index is 11.8. The van der Waals surface area contributed by atoms with Gasteiger partial charge in [0, 0.05) is 0 Å². The summed E-state index contributed by atoms with van der Waals surface area (Å²) in [5.41, 5.74) is 5.97. The number of esters is 4. The molecule has 0 N–H and O–H groups in total. The van der Waals surface area contributed by atoms with Crippen molar-refractivity contribution in [3.8, 4) is 5.75 Å². The Morgan fingerprint density at radius 3 is 1.79 bits per heavy atom. The lowest BCUT2D eigenvalue weighted by atomic mass is 9.96. The Morgan fingerprint density at radius 2 is 1.18 bits per heavy atom. The van der Waals surface area contributed by atoms with Crippen LogP contribution in [0.25, 0.3) is 5.57 Å². The smallest absolute Gasteiger partial charge is 0.346 e. The van der Waals surface area contributed by atoms with Gasteiger partial charge in [0.1, 0.15) is 24.7 Å². The monoisotopic (exact) mass is 518 g/mol. The second-order valence-corrected chi connectivity index (χ2v) is 9.46. The molecule has 0 aromatic heterocycles. The van der Waals surface area contributed by atoms with Gasteiger partial charge in [-0.2, -0.15) is 0 Å². The van der Waals surface area contributed by atoms with Crippen LogP contribution in [0.4, 0.5) is 0 Å². The summed E-state index contributed by atoms with van der Waals surface area (Å²) in [5.74, 6) is -0.889. The van der Waals surface area contributed by atoms with E-state index in [1.807, 2.05) is 36.4 Å². The second-order valence-electron chi connectivity index (χ2n) is 9.46. The number of carbonyl (C=O) groups is 4. The Kier molecular flexibility index (Phi) is 5.09. The molecule has 0 fully saturated rings. The largest absolute Gasteiger partial charge is 0.492 e. The van der Waals surface area contributed by atoms with Crippen molar-refractivity contribution in [3.63, 3.8) is 0 Å². The zero-order valence-electron chi connectivity index (χ0n) is 20.3. The number of rotatable bonds is 7. The normalized spacial score (nSPS) is 18.3. The van der Waals surface area contributed by atoms with Crippen molar-refractivity contribution in [2.24, 2.45) is 5.92 Å². The van der Waals surface area contributed by atoms with Crippen LogP contribution in [-0.2, 0) is 27.4 Å². The van der Waals surface area contributed by atoms with Crippen molar-refractivity contribution < 1.29 is 38.1 Å². The summed E-state index contributed by atoms with van der Waals surface area (Å²) in [6.45, 7) is 0.518. The van der Waals surface area contributed by atoms with Crippen LogP contribution in [0.3, 0.4) is 0 Å². The molecule has 2 aliphatic carbocycles. The molecule has 1 atom stereocenters. The number of ether oxygens (including phenoxy) is 4. The van der Waals surface area contributed by atoms with E-state index in [0.717, 1.165) is 28.0 Å². The molecule has 0 spiro atoms. The van der Waals surface area contributed by atoms with Crippen molar-refractivity contribution >= 4 is 29.5 Å². The molecule has 0 unspecified atom stereocenters. The molecule has 0 saturated carbocycles. The maximum Gasteiger partial charge on any atom is 0.346 e. The number of carbonyl (C=O) groups excluding carboxylic acids is 4. The van der Waals surface area contributed by atoms with E-state index in [1.165, 1.54) is 5.57 Å². The van der Waals surface area contributed by atoms with Crippen molar-refractivity contribution in [2.45, 2.75) is 13.2 Å². The number of allylic oxidation sites excluding steroid dienone is 4. The summed E-state index contributed by atoms with van der Waals surface area (Å²) >= 11 is 0. The van der Waals surface area contributed by atoms with Gasteiger partial charge >= 0.3 is 23.9 Å². The van der Waals surface area contributed by atoms with Gasteiger partial charge in [0.2, 0.25) is 0 Å². The highest BCUT2D eigenvalue weighted by Crippen LogP contribution is 2.48. The summed E-state index contributed by atoms with van der Waals surface area (Å²) in [5, 5.41) is 0. The first kappa shape index (κ1) is 22.9. The van der Waals surface area contributed by atoms with Crippen LogP contribution >= 0.6 is 0 Å². The third-order valence-corrected chi connectivity index (χ3v) is 7.00. The van der Waals surface area contributed by atoms with Crippen LogP contribution in [0.15, 0.2) is 90.2 Å². The van der Waals surface area contributed by atoms with Crippen LogP contribution in [0.2, 0.25) is 0 Å². The first-order valence-electron chi connectivity index (χ1n) is 12.2. The zero-order chi connectivity index (χ0) is 26.7. The molecule has 0 bridgehead atoms. The minimum Gasteiger partial charge on any atom is -0.492 e. The van der Waals surface area contributed by atoms with Gasteiger partial charge in [-0.3, -0.25) is 0 Å². The fraction of sp³-hybridized carbons (Fsp3) is 0.0968. The van der Waals surface area contributed by atoms with Gasteiger partial charge in [-0.15, -0.1) is 0 Å². The fourth-order valence-corrected chi connectivity index (χ4v) is 4.90. The van der Waals surface area contributed by atoms with Gasteiger partial charge in [0.25, 0.3) is 0 Å². The summed E-state index contributed by atoms with van der Waals surface area (Å²) in [7, 11) is 0. The van der Waals surface area contributed by atoms with Crippen molar-refractivity contribution in [1.82, 2.24) is 0 Å². The van der Waals surface area contributed by atoms with Crippen LogP contribution in [0, 0.1) is 5.92 Å². The minimum absolute atomic E-state index is 0.111. The topological polar surface area (TPSA) is 105 Å². The number of hydrogen-bond acceptors (Lipinski definition) is 8. The Morgan fingerprint density at radius 1 is 0.615 bits per heavy atom. The molecule has 3 aromatic carbocycles. The van der Waals surface area contributed by atoms with E-state index < -0.39 is 23.9 Å². The lowest BCUT2D eigenvalue weighted by Crippen LogP contribution is -2.03. The summed E-state index contributed by atoms with van der Waals surface area (Å²) in [4.78, 5) is 46.8. The van der Waals surface area contributed by atoms with Gasteiger partial charge in [-0.05, 0) is 70.3 Å². The van der Waals surface area contributed by atoms with E-state index in [1.54, 1.807) is 36.4 Å². The molecule has 8 heteroatoms. The van der Waals surface area contributed by atoms with E-state index in [0.29, 0.717) is 5.75 Å². The Labute approximate surface area is 221 Å². The molecule has 0 radical (unpaired) electrons. The average Bonchev–Trinajstić information content (AvgIpc) is 3.64. The summed E-state index contributed by atoms with van der Waals surface area (Å²) in [6, 6.07) is 17.7. The molecular formula is C31H18O8. The highest BCUT2D eigenvalue weighted by atomic mass is 16.6. The standard InChI is InChI=1S/C31H18O8/c32-28-21-7-1-16(11-25(21)30(34)38-28)14-36-19-5-3-18(4-6-19)20-9-10-27(24-13-23(20)24)37-15-17-2-8-22-26(12-17)31(35)39-29(22)33/h1-13,24H,14-15H2/t24-/m0/s1. The number of cyclic esters (lactones) is 4. The first-order valence-corrected chi connectivity index (χ1v) is 12.2. The van der Waals surface area contributed by atoms with Crippen LogP contribution in [0.1, 0.15) is 58.1 Å². The van der Waals surface area contributed by atoms with Crippen molar-refractivity contribution in [3.05, 3.63) is 129 Å². The van der Waals surface area contributed by atoms with Crippen LogP contribution < -0.4 is 4.74 Å². The third kappa shape index (κ3) is 4.02. The summed E-state index contributed by atoms with van der Waals surface area (Å²) < 4.78 is 21.2. The molecule has 190 valence electrons. The Balaban J connectivity index is 0.989. The SMILES string of the molecule is O=C1OC(=O)c2cc(COC3=CC=C(c4ccc(OCc5ccc6c(c5)C(=O)OC6=O)cc4)C4=C[C@H]34)ccc21. The third-order valence-electron chi connectivity index (χ3n) is 7.00. The predicted molar refractivity (Wildman–Crippen MR) is 136 cm³/mol. The predicted octanol–water partition coefficient (Wildman–Crippen LogP) is 4.94. The minimum atomic E-state index is -0.634. The quantitative estimate of drug-likeness (QED) is 0.320. The van der Waals surface area contributed by atoms with Gasteiger partial charge in [-0.1, -0.05) is 36.4 Å². The Hall–Kier alpha value is -5.24. The first-order chi connectivity index (χ1) is 18.9. The van der Waals surface area contributed by atoms with Crippen molar-refractivity contribution in [1.29, 1.82) is 0 Å². The molecule has 8 nitrogen and oxygen atoms in total. The molecule has 7 rings (SSSR count). The lowest BCUT2D eigenvalue weighted by Gasteiger charge is -2.16. The van der Waals surface area contributed by atoms with E-state index in [2.05, 4.69) is 15.5 Å². The van der Waals surface area contributed by atoms with Gasteiger partial charge in [-0.25, -0.2) is 19.2 Å². The summed E-state index contributed by atoms with van der Waals surface area (Å²) in [6.07, 6.45) is 6.10. The maximum absolute atomic E-state index is 11.8. The van der Waals surface area contributed by atoms with E-state index in [4.69, 9.17) is 9.47 Å². The van der Waals surface area contributed by atoms with Crippen molar-refractivity contribution in [2.75, 3.05) is 0 Å². The highest BCUT2D eigenvalue weighted by Gasteiger charge is 2.36. The number of benzene rings is 3. The Bertz CT molecular complexity index is 1720. The fourth-order valence-electron chi connectivity index (χ4n) is 4.90. The van der Waals surface area contributed by atoms with Crippen LogP contribution in [0.5, 0.6) is 5.75 Å². The zero-order valence-corrected chi connectivity index (χ0v) is 20.3. The number of fused-ring (bicyclic) bond motifs is 3. The second kappa shape index (κ2) is 8.66. The molecule has 2 heterocycles. The number of hydrogen-bond donors (Lipinski definition) is 0. The van der Waals surface area contributed by atoms with E-state index in [-0.39, 0.29) is 41.4 Å². The highest BCUT2D eigenvalue weighted by molar-refractivity contribution is 6.15. The molecule has 39 heavy (non-hydrogen) atoms. The van der Waals surface area contributed by atoms with E-state index in [9.17, 15) is 19.2 Å².